The fraction of sp³-hybridized carbons (Fsp3) is 0.364. The molecule has 0 unspecified atom stereocenters. The largest absolute Gasteiger partial charge is 0.468 e. The Morgan fingerprint density at radius 1 is 1.60 bits per heavy atom. The Hall–Kier alpha value is -1.06. The zero-order chi connectivity index (χ0) is 11.4. The summed E-state index contributed by atoms with van der Waals surface area (Å²) in [5, 5.41) is 0.664. The summed E-state index contributed by atoms with van der Waals surface area (Å²) in [4.78, 5) is 11.1. The molecule has 3 nitrogen and oxygen atoms in total. The quantitative estimate of drug-likeness (QED) is 0.800. The Bertz CT molecular complexity index is 366. The molecule has 4 heteroatoms. The van der Waals surface area contributed by atoms with Crippen molar-refractivity contribution in [1.29, 1.82) is 0 Å². The van der Waals surface area contributed by atoms with Crippen molar-refractivity contribution in [3.63, 3.8) is 0 Å². The fourth-order valence-electron chi connectivity index (χ4n) is 1.34. The SMILES string of the molecule is COC(=O)[C@H](N)Cc1cccc(C)c1Cl. The van der Waals surface area contributed by atoms with Crippen LogP contribution in [0.5, 0.6) is 0 Å². The molecule has 1 atom stereocenters. The third-order valence-corrected chi connectivity index (χ3v) is 2.76. The van der Waals surface area contributed by atoms with Crippen LogP contribution in [0.3, 0.4) is 0 Å². The van der Waals surface area contributed by atoms with Crippen LogP contribution in [0, 0.1) is 6.92 Å². The number of carbonyl (C=O) groups is 1. The maximum atomic E-state index is 11.1. The van der Waals surface area contributed by atoms with E-state index in [2.05, 4.69) is 4.74 Å². The molecule has 0 heterocycles. The van der Waals surface area contributed by atoms with Gasteiger partial charge in [0.15, 0.2) is 0 Å². The van der Waals surface area contributed by atoms with Crippen molar-refractivity contribution in [1.82, 2.24) is 0 Å². The molecule has 0 spiro atoms. The molecule has 15 heavy (non-hydrogen) atoms. The highest BCUT2D eigenvalue weighted by Crippen LogP contribution is 2.21. The van der Waals surface area contributed by atoms with Crippen molar-refractivity contribution in [2.45, 2.75) is 19.4 Å². The lowest BCUT2D eigenvalue weighted by Gasteiger charge is -2.11. The van der Waals surface area contributed by atoms with E-state index in [4.69, 9.17) is 17.3 Å². The van der Waals surface area contributed by atoms with Crippen LogP contribution in [0.2, 0.25) is 5.02 Å². The summed E-state index contributed by atoms with van der Waals surface area (Å²) >= 11 is 6.08. The van der Waals surface area contributed by atoms with Gasteiger partial charge in [-0.1, -0.05) is 29.8 Å². The molecule has 0 aliphatic carbocycles. The van der Waals surface area contributed by atoms with E-state index in [0.717, 1.165) is 11.1 Å². The molecule has 0 aliphatic rings. The Morgan fingerprint density at radius 2 is 2.27 bits per heavy atom. The van der Waals surface area contributed by atoms with Gasteiger partial charge in [-0.25, -0.2) is 0 Å². The van der Waals surface area contributed by atoms with Crippen molar-refractivity contribution in [2.75, 3.05) is 7.11 Å². The number of ether oxygens (including phenoxy) is 1. The summed E-state index contributed by atoms with van der Waals surface area (Å²) in [6.07, 6.45) is 0.396. The van der Waals surface area contributed by atoms with E-state index >= 15 is 0 Å². The predicted molar refractivity (Wildman–Crippen MR) is 59.9 cm³/mol. The summed E-state index contributed by atoms with van der Waals surface area (Å²) in [5.41, 5.74) is 7.49. The first-order valence-corrected chi connectivity index (χ1v) is 5.01. The van der Waals surface area contributed by atoms with E-state index in [-0.39, 0.29) is 0 Å². The molecule has 0 fully saturated rings. The molecule has 0 amide bonds. The van der Waals surface area contributed by atoms with Gasteiger partial charge in [-0.05, 0) is 24.5 Å². The minimum atomic E-state index is -0.658. The molecule has 1 aromatic rings. The summed E-state index contributed by atoms with van der Waals surface area (Å²) in [5.74, 6) is -0.424. The summed E-state index contributed by atoms with van der Waals surface area (Å²) < 4.78 is 4.55. The highest BCUT2D eigenvalue weighted by molar-refractivity contribution is 6.32. The zero-order valence-electron chi connectivity index (χ0n) is 8.79. The lowest BCUT2D eigenvalue weighted by atomic mass is 10.0. The first kappa shape index (κ1) is 12.0. The summed E-state index contributed by atoms with van der Waals surface area (Å²) in [6, 6.07) is 5.00. The van der Waals surface area contributed by atoms with Gasteiger partial charge in [0.1, 0.15) is 6.04 Å². The fourth-order valence-corrected chi connectivity index (χ4v) is 1.54. The average molecular weight is 228 g/mol. The number of rotatable bonds is 3. The van der Waals surface area contributed by atoms with Crippen LogP contribution in [0.1, 0.15) is 11.1 Å². The van der Waals surface area contributed by atoms with Crippen LogP contribution < -0.4 is 5.73 Å². The molecule has 1 rings (SSSR count). The number of hydrogen-bond acceptors (Lipinski definition) is 3. The van der Waals surface area contributed by atoms with Gasteiger partial charge >= 0.3 is 5.97 Å². The Balaban J connectivity index is 2.81. The van der Waals surface area contributed by atoms with Gasteiger partial charge in [-0.3, -0.25) is 4.79 Å². The Labute approximate surface area is 94.2 Å². The second-order valence-corrected chi connectivity index (χ2v) is 3.76. The molecule has 2 N–H and O–H groups in total. The van der Waals surface area contributed by atoms with Crippen molar-refractivity contribution >= 4 is 17.6 Å². The molecular formula is C11H14ClNO2. The van der Waals surface area contributed by atoms with Crippen LogP contribution >= 0.6 is 11.6 Å². The average Bonchev–Trinajstić information content (AvgIpc) is 2.23. The molecular weight excluding hydrogens is 214 g/mol. The predicted octanol–water partition coefficient (Wildman–Crippen LogP) is 1.69. The number of benzene rings is 1. The molecule has 1 aromatic carbocycles. The summed E-state index contributed by atoms with van der Waals surface area (Å²) in [6.45, 7) is 1.91. The van der Waals surface area contributed by atoms with Crippen LogP contribution in [0.25, 0.3) is 0 Å². The van der Waals surface area contributed by atoms with Gasteiger partial charge in [0.25, 0.3) is 0 Å². The van der Waals surface area contributed by atoms with Crippen LogP contribution in [-0.2, 0) is 16.0 Å². The molecule has 0 saturated carbocycles. The first-order chi connectivity index (χ1) is 7.06. The van der Waals surface area contributed by atoms with E-state index in [1.807, 2.05) is 25.1 Å². The second-order valence-electron chi connectivity index (χ2n) is 3.38. The standard InChI is InChI=1S/C11H14ClNO2/c1-7-4-3-5-8(10(7)12)6-9(13)11(14)15-2/h3-5,9H,6,13H2,1-2H3/t9-/m1/s1. The van der Waals surface area contributed by atoms with Gasteiger partial charge < -0.3 is 10.5 Å². The van der Waals surface area contributed by atoms with Crippen molar-refractivity contribution in [2.24, 2.45) is 5.73 Å². The monoisotopic (exact) mass is 227 g/mol. The smallest absolute Gasteiger partial charge is 0.322 e. The van der Waals surface area contributed by atoms with Gasteiger partial charge in [0.2, 0.25) is 0 Å². The summed E-state index contributed by atoms with van der Waals surface area (Å²) in [7, 11) is 1.32. The number of esters is 1. The number of halogens is 1. The molecule has 0 aliphatic heterocycles. The highest BCUT2D eigenvalue weighted by atomic mass is 35.5. The van der Waals surface area contributed by atoms with Crippen molar-refractivity contribution in [3.8, 4) is 0 Å². The number of hydrogen-bond donors (Lipinski definition) is 1. The molecule has 0 aromatic heterocycles. The van der Waals surface area contributed by atoms with E-state index in [0.29, 0.717) is 11.4 Å². The van der Waals surface area contributed by atoms with Gasteiger partial charge in [-0.2, -0.15) is 0 Å². The maximum absolute atomic E-state index is 11.1. The number of carbonyl (C=O) groups excluding carboxylic acids is 1. The first-order valence-electron chi connectivity index (χ1n) is 4.63. The van der Waals surface area contributed by atoms with Gasteiger partial charge in [0.05, 0.1) is 7.11 Å². The van der Waals surface area contributed by atoms with Crippen molar-refractivity contribution in [3.05, 3.63) is 34.3 Å². The lowest BCUT2D eigenvalue weighted by molar-refractivity contribution is -0.142. The topological polar surface area (TPSA) is 52.3 Å². The highest BCUT2D eigenvalue weighted by Gasteiger charge is 2.16. The number of aryl methyl sites for hydroxylation is 1. The minimum Gasteiger partial charge on any atom is -0.468 e. The van der Waals surface area contributed by atoms with E-state index in [1.54, 1.807) is 0 Å². The molecule has 0 bridgehead atoms. The van der Waals surface area contributed by atoms with E-state index in [9.17, 15) is 4.79 Å². The molecule has 0 saturated heterocycles. The minimum absolute atomic E-state index is 0.396. The van der Waals surface area contributed by atoms with Crippen LogP contribution in [0.4, 0.5) is 0 Å². The van der Waals surface area contributed by atoms with Crippen LogP contribution in [0.15, 0.2) is 18.2 Å². The number of methoxy groups -OCH3 is 1. The van der Waals surface area contributed by atoms with Gasteiger partial charge in [-0.15, -0.1) is 0 Å². The maximum Gasteiger partial charge on any atom is 0.322 e. The zero-order valence-corrected chi connectivity index (χ0v) is 9.54. The molecule has 82 valence electrons. The second kappa shape index (κ2) is 5.14. The lowest BCUT2D eigenvalue weighted by Crippen LogP contribution is -2.33. The third kappa shape index (κ3) is 2.94. The third-order valence-electron chi connectivity index (χ3n) is 2.22. The van der Waals surface area contributed by atoms with E-state index < -0.39 is 12.0 Å². The number of nitrogens with two attached hydrogens (primary N) is 1. The Morgan fingerprint density at radius 3 is 2.87 bits per heavy atom. The van der Waals surface area contributed by atoms with Crippen LogP contribution in [-0.4, -0.2) is 19.1 Å². The van der Waals surface area contributed by atoms with Crippen molar-refractivity contribution < 1.29 is 9.53 Å². The normalized spacial score (nSPS) is 12.3. The van der Waals surface area contributed by atoms with E-state index in [1.165, 1.54) is 7.11 Å². The van der Waals surface area contributed by atoms with Gasteiger partial charge in [0, 0.05) is 5.02 Å². The Kier molecular flexibility index (Phi) is 4.12. The molecule has 0 radical (unpaired) electrons.